The molecule has 4 heteroatoms. The molecule has 0 amide bonds. The highest BCUT2D eigenvalue weighted by atomic mass is 16.4. The van der Waals surface area contributed by atoms with E-state index in [0.717, 1.165) is 12.2 Å². The average Bonchev–Trinajstić information content (AvgIpc) is 2.89. The van der Waals surface area contributed by atoms with Gasteiger partial charge in [0.2, 0.25) is 0 Å². The third kappa shape index (κ3) is 4.24. The molecule has 1 fully saturated rings. The Hall–Kier alpha value is -1.55. The normalized spacial score (nSPS) is 15.6. The largest absolute Gasteiger partial charge is 0.481 e. The smallest absolute Gasteiger partial charge is 0.305 e. The van der Waals surface area contributed by atoms with E-state index in [1.165, 1.54) is 31.5 Å². The molecule has 0 spiro atoms. The maximum absolute atomic E-state index is 10.6. The van der Waals surface area contributed by atoms with E-state index in [-0.39, 0.29) is 6.42 Å². The third-order valence-electron chi connectivity index (χ3n) is 3.64. The maximum Gasteiger partial charge on any atom is 0.305 e. The molecule has 19 heavy (non-hydrogen) atoms. The van der Waals surface area contributed by atoms with Gasteiger partial charge in [-0.3, -0.25) is 9.69 Å². The Morgan fingerprint density at radius 2 is 1.89 bits per heavy atom. The molecule has 2 rings (SSSR count). The van der Waals surface area contributed by atoms with Gasteiger partial charge in [0, 0.05) is 25.8 Å². The highest BCUT2D eigenvalue weighted by Crippen LogP contribution is 2.17. The summed E-state index contributed by atoms with van der Waals surface area (Å²) in [5.74, 6) is -0.752. The molecule has 1 saturated heterocycles. The number of carboxylic acids is 1. The number of hydrogen-bond donors (Lipinski definition) is 1. The summed E-state index contributed by atoms with van der Waals surface area (Å²) in [5, 5.41) is 8.68. The van der Waals surface area contributed by atoms with Gasteiger partial charge in [0.15, 0.2) is 0 Å². The van der Waals surface area contributed by atoms with Crippen molar-refractivity contribution in [2.75, 3.05) is 31.6 Å². The quantitative estimate of drug-likeness (QED) is 0.853. The predicted octanol–water partition coefficient (Wildman–Crippen LogP) is 2.19. The molecule has 0 radical (unpaired) electrons. The number of rotatable bonds is 6. The fourth-order valence-corrected chi connectivity index (χ4v) is 2.45. The number of nitrogens with zero attached hydrogens (tertiary/aromatic N) is 2. The van der Waals surface area contributed by atoms with Gasteiger partial charge in [-0.15, -0.1) is 0 Å². The van der Waals surface area contributed by atoms with Crippen molar-refractivity contribution in [3.63, 3.8) is 0 Å². The summed E-state index contributed by atoms with van der Waals surface area (Å²) in [4.78, 5) is 15.0. The van der Waals surface area contributed by atoms with E-state index < -0.39 is 5.97 Å². The van der Waals surface area contributed by atoms with Crippen LogP contribution in [-0.4, -0.2) is 42.7 Å². The molecule has 1 aromatic rings. The molecule has 1 aliphatic rings. The van der Waals surface area contributed by atoms with Crippen LogP contribution in [0.5, 0.6) is 0 Å². The van der Waals surface area contributed by atoms with Crippen molar-refractivity contribution in [1.29, 1.82) is 0 Å². The van der Waals surface area contributed by atoms with Gasteiger partial charge in [0.1, 0.15) is 0 Å². The van der Waals surface area contributed by atoms with Crippen LogP contribution in [0.15, 0.2) is 24.3 Å². The molecule has 0 unspecified atom stereocenters. The first-order valence-electron chi connectivity index (χ1n) is 6.89. The van der Waals surface area contributed by atoms with Gasteiger partial charge in [-0.05, 0) is 43.6 Å². The van der Waals surface area contributed by atoms with Crippen molar-refractivity contribution in [2.45, 2.75) is 25.8 Å². The summed E-state index contributed by atoms with van der Waals surface area (Å²) in [7, 11) is 1.93. The minimum Gasteiger partial charge on any atom is -0.481 e. The second kappa shape index (κ2) is 6.57. The molecule has 0 aromatic heterocycles. The Labute approximate surface area is 114 Å². The van der Waals surface area contributed by atoms with Crippen LogP contribution in [0.1, 0.15) is 24.8 Å². The lowest BCUT2D eigenvalue weighted by atomic mass is 10.2. The number of anilines is 1. The van der Waals surface area contributed by atoms with Crippen molar-refractivity contribution < 1.29 is 9.90 Å². The number of carboxylic acid groups (broad SMARTS) is 1. The van der Waals surface area contributed by atoms with Crippen LogP contribution in [0.3, 0.4) is 0 Å². The minimum absolute atomic E-state index is 0.173. The van der Waals surface area contributed by atoms with Crippen LogP contribution in [0.25, 0.3) is 0 Å². The van der Waals surface area contributed by atoms with E-state index in [9.17, 15) is 4.79 Å². The lowest BCUT2D eigenvalue weighted by Gasteiger charge is -2.19. The topological polar surface area (TPSA) is 43.8 Å². The van der Waals surface area contributed by atoms with Gasteiger partial charge in [0.25, 0.3) is 0 Å². The molecular formula is C15H22N2O2. The molecule has 104 valence electrons. The highest BCUT2D eigenvalue weighted by Gasteiger charge is 2.11. The SMILES string of the molecule is CN(CCC(=O)O)c1ccc(CN2CCCC2)cc1. The maximum atomic E-state index is 10.6. The standard InChI is InChI=1S/C15H22N2O2/c1-16(11-8-15(18)19)14-6-4-13(5-7-14)12-17-9-2-3-10-17/h4-7H,2-3,8-12H2,1H3,(H,18,19). The average molecular weight is 262 g/mol. The Morgan fingerprint density at radius 3 is 2.47 bits per heavy atom. The van der Waals surface area contributed by atoms with Crippen LogP contribution >= 0.6 is 0 Å². The molecule has 1 aromatic carbocycles. The number of benzene rings is 1. The molecule has 4 nitrogen and oxygen atoms in total. The first-order valence-corrected chi connectivity index (χ1v) is 6.89. The van der Waals surface area contributed by atoms with Gasteiger partial charge in [-0.25, -0.2) is 0 Å². The molecule has 1 aliphatic heterocycles. The number of likely N-dealkylation sites (tertiary alicyclic amines) is 1. The molecule has 1 N–H and O–H groups in total. The summed E-state index contributed by atoms with van der Waals surface area (Å²) in [5.41, 5.74) is 2.41. The second-order valence-corrected chi connectivity index (χ2v) is 5.21. The van der Waals surface area contributed by atoms with E-state index in [4.69, 9.17) is 5.11 Å². The third-order valence-corrected chi connectivity index (χ3v) is 3.64. The molecule has 0 bridgehead atoms. The van der Waals surface area contributed by atoms with Crippen LogP contribution < -0.4 is 4.90 Å². The van der Waals surface area contributed by atoms with E-state index in [2.05, 4.69) is 29.2 Å². The fraction of sp³-hybridized carbons (Fsp3) is 0.533. The van der Waals surface area contributed by atoms with Gasteiger partial charge in [-0.1, -0.05) is 12.1 Å². The Kier molecular flexibility index (Phi) is 4.80. The van der Waals surface area contributed by atoms with Gasteiger partial charge in [-0.2, -0.15) is 0 Å². The van der Waals surface area contributed by atoms with Crippen molar-refractivity contribution in [3.8, 4) is 0 Å². The summed E-state index contributed by atoms with van der Waals surface area (Å²) in [6.45, 7) is 3.99. The van der Waals surface area contributed by atoms with E-state index >= 15 is 0 Å². The molecule has 0 aliphatic carbocycles. The second-order valence-electron chi connectivity index (χ2n) is 5.21. The lowest BCUT2D eigenvalue weighted by molar-refractivity contribution is -0.136. The predicted molar refractivity (Wildman–Crippen MR) is 76.5 cm³/mol. The summed E-state index contributed by atoms with van der Waals surface area (Å²) in [6.07, 6.45) is 2.80. The van der Waals surface area contributed by atoms with E-state index in [1.54, 1.807) is 0 Å². The zero-order chi connectivity index (χ0) is 13.7. The number of aliphatic carboxylic acids is 1. The lowest BCUT2D eigenvalue weighted by Crippen LogP contribution is -2.21. The van der Waals surface area contributed by atoms with E-state index in [0.29, 0.717) is 6.54 Å². The van der Waals surface area contributed by atoms with Crippen molar-refractivity contribution in [2.24, 2.45) is 0 Å². The monoisotopic (exact) mass is 262 g/mol. The Balaban J connectivity index is 1.87. The molecule has 0 atom stereocenters. The van der Waals surface area contributed by atoms with Crippen molar-refractivity contribution in [3.05, 3.63) is 29.8 Å². The van der Waals surface area contributed by atoms with Crippen LogP contribution in [0.2, 0.25) is 0 Å². The Bertz CT molecular complexity index is 411. The first-order chi connectivity index (χ1) is 9.15. The molecule has 1 heterocycles. The molecule has 0 saturated carbocycles. The molecular weight excluding hydrogens is 240 g/mol. The summed E-state index contributed by atoms with van der Waals surface area (Å²) >= 11 is 0. The summed E-state index contributed by atoms with van der Waals surface area (Å²) < 4.78 is 0. The number of hydrogen-bond acceptors (Lipinski definition) is 3. The van der Waals surface area contributed by atoms with Crippen LogP contribution in [0.4, 0.5) is 5.69 Å². The van der Waals surface area contributed by atoms with Gasteiger partial charge in [0.05, 0.1) is 6.42 Å². The summed E-state index contributed by atoms with van der Waals surface area (Å²) in [6, 6.07) is 8.44. The van der Waals surface area contributed by atoms with Crippen molar-refractivity contribution >= 4 is 11.7 Å². The first kappa shape index (κ1) is 13.9. The Morgan fingerprint density at radius 1 is 1.26 bits per heavy atom. The highest BCUT2D eigenvalue weighted by molar-refractivity contribution is 5.67. The van der Waals surface area contributed by atoms with Crippen LogP contribution in [-0.2, 0) is 11.3 Å². The van der Waals surface area contributed by atoms with Gasteiger partial charge >= 0.3 is 5.97 Å². The van der Waals surface area contributed by atoms with Crippen molar-refractivity contribution in [1.82, 2.24) is 4.90 Å². The van der Waals surface area contributed by atoms with Gasteiger partial charge < -0.3 is 10.0 Å². The zero-order valence-corrected chi connectivity index (χ0v) is 11.5. The minimum atomic E-state index is -0.752. The van der Waals surface area contributed by atoms with E-state index in [1.807, 2.05) is 11.9 Å². The fourth-order valence-electron chi connectivity index (χ4n) is 2.45. The van der Waals surface area contributed by atoms with Crippen LogP contribution in [0, 0.1) is 0 Å². The zero-order valence-electron chi connectivity index (χ0n) is 11.5. The number of carbonyl (C=O) groups is 1.